The van der Waals surface area contributed by atoms with Crippen LogP contribution < -0.4 is 10.6 Å². The number of hydrogen-bond donors (Lipinski definition) is 2. The molecule has 2 aromatic carbocycles. The van der Waals surface area contributed by atoms with Crippen LogP contribution in [0.1, 0.15) is 13.3 Å². The van der Waals surface area contributed by atoms with E-state index in [1.165, 1.54) is 30.8 Å². The fourth-order valence-electron chi connectivity index (χ4n) is 2.53. The number of thioether (sulfide) groups is 1. The van der Waals surface area contributed by atoms with Crippen molar-refractivity contribution < 1.29 is 23.5 Å². The molecule has 2 N–H and O–H groups in total. The van der Waals surface area contributed by atoms with Crippen LogP contribution in [0.25, 0.3) is 0 Å². The molecule has 0 radical (unpaired) electrons. The number of fused-ring (bicyclic) bond motifs is 1. The Balaban J connectivity index is 1.56. The highest BCUT2D eigenvalue weighted by molar-refractivity contribution is 8.01. The molecule has 1 heterocycles. The molecule has 152 valence electrons. The van der Waals surface area contributed by atoms with Gasteiger partial charge in [-0.1, -0.05) is 23.2 Å². The molecule has 2 amide bonds. The number of hydrogen-bond acceptors (Lipinski definition) is 5. The van der Waals surface area contributed by atoms with Gasteiger partial charge in [-0.05, 0) is 43.3 Å². The van der Waals surface area contributed by atoms with Crippen LogP contribution in [0.15, 0.2) is 41.3 Å². The minimum atomic E-state index is -1.18. The molecule has 29 heavy (non-hydrogen) atoms. The molecule has 0 fully saturated rings. The van der Waals surface area contributed by atoms with Gasteiger partial charge in [-0.25, -0.2) is 4.39 Å². The molecule has 0 aromatic heterocycles. The van der Waals surface area contributed by atoms with Gasteiger partial charge >= 0.3 is 5.97 Å². The molecule has 3 rings (SSSR count). The van der Waals surface area contributed by atoms with Crippen LogP contribution in [0.2, 0.25) is 10.0 Å². The molecule has 0 saturated carbocycles. The van der Waals surface area contributed by atoms with Gasteiger partial charge < -0.3 is 15.4 Å². The summed E-state index contributed by atoms with van der Waals surface area (Å²) in [4.78, 5) is 37.3. The summed E-state index contributed by atoms with van der Waals surface area (Å²) in [5.41, 5.74) is 0.495. The summed E-state index contributed by atoms with van der Waals surface area (Å²) < 4.78 is 18.9. The quantitative estimate of drug-likeness (QED) is 0.646. The lowest BCUT2D eigenvalue weighted by Crippen LogP contribution is -2.34. The number of nitrogens with one attached hydrogen (secondary N) is 2. The first kappa shape index (κ1) is 21.4. The van der Waals surface area contributed by atoms with Gasteiger partial charge in [0.05, 0.1) is 23.0 Å². The third-order valence-electron chi connectivity index (χ3n) is 3.98. The molecule has 0 saturated heterocycles. The number of rotatable bonds is 5. The molecule has 6 nitrogen and oxygen atoms in total. The van der Waals surface area contributed by atoms with E-state index >= 15 is 0 Å². The summed E-state index contributed by atoms with van der Waals surface area (Å²) in [6.07, 6.45) is -1.41. The van der Waals surface area contributed by atoms with Gasteiger partial charge in [0.25, 0.3) is 5.91 Å². The van der Waals surface area contributed by atoms with Gasteiger partial charge in [-0.15, -0.1) is 11.8 Å². The monoisotopic (exact) mass is 456 g/mol. The number of halogens is 3. The number of carbonyl (C=O) groups is 3. The first-order chi connectivity index (χ1) is 13.7. The van der Waals surface area contributed by atoms with Crippen LogP contribution in [0.4, 0.5) is 15.8 Å². The highest BCUT2D eigenvalue weighted by Gasteiger charge is 2.31. The third-order valence-corrected chi connectivity index (χ3v) is 5.73. The summed E-state index contributed by atoms with van der Waals surface area (Å²) in [6.45, 7) is 1.35. The second kappa shape index (κ2) is 9.02. The van der Waals surface area contributed by atoms with E-state index in [4.69, 9.17) is 27.9 Å². The van der Waals surface area contributed by atoms with Crippen molar-refractivity contribution in [2.24, 2.45) is 0 Å². The second-order valence-electron chi connectivity index (χ2n) is 6.19. The minimum absolute atomic E-state index is 0.0835. The average Bonchev–Trinajstić information content (AvgIpc) is 2.64. The zero-order chi connectivity index (χ0) is 21.1. The summed E-state index contributed by atoms with van der Waals surface area (Å²) in [7, 11) is 0. The van der Waals surface area contributed by atoms with Crippen molar-refractivity contribution in [3.63, 3.8) is 0 Å². The largest absolute Gasteiger partial charge is 0.452 e. The van der Waals surface area contributed by atoms with Gasteiger partial charge in [0.2, 0.25) is 5.91 Å². The second-order valence-corrected chi connectivity index (χ2v) is 8.30. The van der Waals surface area contributed by atoms with Crippen LogP contribution in [0.3, 0.4) is 0 Å². The Morgan fingerprint density at radius 2 is 1.93 bits per heavy atom. The van der Waals surface area contributed by atoms with Crippen LogP contribution in [0, 0.1) is 5.82 Å². The molecule has 0 spiro atoms. The molecule has 2 atom stereocenters. The minimum Gasteiger partial charge on any atom is -0.452 e. The van der Waals surface area contributed by atoms with E-state index in [0.29, 0.717) is 10.7 Å². The Morgan fingerprint density at radius 3 is 2.66 bits per heavy atom. The van der Waals surface area contributed by atoms with Crippen molar-refractivity contribution >= 4 is 64.1 Å². The molecule has 1 aliphatic rings. The van der Waals surface area contributed by atoms with Crippen molar-refractivity contribution in [1.29, 1.82) is 0 Å². The van der Waals surface area contributed by atoms with Gasteiger partial charge in [0.15, 0.2) is 6.10 Å². The number of anilines is 2. The highest BCUT2D eigenvalue weighted by Crippen LogP contribution is 2.38. The van der Waals surface area contributed by atoms with Crippen LogP contribution in [-0.2, 0) is 19.1 Å². The van der Waals surface area contributed by atoms with Crippen LogP contribution in [-0.4, -0.2) is 29.1 Å². The molecule has 10 heteroatoms. The van der Waals surface area contributed by atoms with E-state index in [2.05, 4.69) is 10.6 Å². The summed E-state index contributed by atoms with van der Waals surface area (Å²) in [6, 6.07) is 8.83. The standard InChI is InChI=1S/C19H15Cl2FN2O4S/c1-9(18(26)23-13-4-2-10(20)6-12(13)22)28-17(25)8-16-19(27)24-14-7-11(21)3-5-15(14)29-16/h2-7,9,16H,8H2,1H3,(H,23,26)(H,24,27). The third kappa shape index (κ3) is 5.41. The number of amides is 2. The topological polar surface area (TPSA) is 84.5 Å². The van der Waals surface area contributed by atoms with E-state index in [0.717, 1.165) is 11.0 Å². The Kier molecular flexibility index (Phi) is 6.66. The molecule has 1 aliphatic heterocycles. The zero-order valence-electron chi connectivity index (χ0n) is 15.0. The maximum Gasteiger partial charge on any atom is 0.308 e. The number of carbonyl (C=O) groups excluding carboxylic acids is 3. The van der Waals surface area contributed by atoms with E-state index in [1.54, 1.807) is 18.2 Å². The van der Waals surface area contributed by atoms with E-state index < -0.39 is 29.0 Å². The zero-order valence-corrected chi connectivity index (χ0v) is 17.3. The average molecular weight is 457 g/mol. The van der Waals surface area contributed by atoms with Crippen LogP contribution in [0.5, 0.6) is 0 Å². The van der Waals surface area contributed by atoms with E-state index in [9.17, 15) is 18.8 Å². The molecule has 2 unspecified atom stereocenters. The van der Waals surface area contributed by atoms with Crippen molar-refractivity contribution in [1.82, 2.24) is 0 Å². The first-order valence-corrected chi connectivity index (χ1v) is 10.1. The number of benzene rings is 2. The van der Waals surface area contributed by atoms with Gasteiger partial charge in [-0.3, -0.25) is 14.4 Å². The summed E-state index contributed by atoms with van der Waals surface area (Å²) >= 11 is 12.8. The van der Waals surface area contributed by atoms with Crippen LogP contribution >= 0.6 is 35.0 Å². The fraction of sp³-hybridized carbons (Fsp3) is 0.211. The van der Waals surface area contributed by atoms with E-state index in [-0.39, 0.29) is 23.0 Å². The molecular formula is C19H15Cl2FN2O4S. The van der Waals surface area contributed by atoms with Gasteiger partial charge in [0, 0.05) is 14.9 Å². The highest BCUT2D eigenvalue weighted by atomic mass is 35.5. The smallest absolute Gasteiger partial charge is 0.308 e. The Hall–Kier alpha value is -2.29. The Morgan fingerprint density at radius 1 is 1.24 bits per heavy atom. The Labute approximate surface area is 180 Å². The predicted octanol–water partition coefficient (Wildman–Crippen LogP) is 4.51. The lowest BCUT2D eigenvalue weighted by Gasteiger charge is -2.24. The summed E-state index contributed by atoms with van der Waals surface area (Å²) in [5.74, 6) is -2.50. The number of ether oxygens (including phenoxy) is 1. The van der Waals surface area contributed by atoms with Crippen molar-refractivity contribution in [2.45, 2.75) is 29.6 Å². The van der Waals surface area contributed by atoms with Crippen molar-refractivity contribution in [3.8, 4) is 0 Å². The predicted molar refractivity (Wildman–Crippen MR) is 110 cm³/mol. The lowest BCUT2D eigenvalue weighted by molar-refractivity contribution is -0.153. The van der Waals surface area contributed by atoms with Crippen molar-refractivity contribution in [2.75, 3.05) is 10.6 Å². The van der Waals surface area contributed by atoms with Gasteiger partial charge in [0.1, 0.15) is 5.82 Å². The fourth-order valence-corrected chi connectivity index (χ4v) is 3.94. The molecule has 0 aliphatic carbocycles. The first-order valence-electron chi connectivity index (χ1n) is 8.45. The lowest BCUT2D eigenvalue weighted by atomic mass is 10.2. The maximum absolute atomic E-state index is 13.8. The van der Waals surface area contributed by atoms with Crippen molar-refractivity contribution in [3.05, 3.63) is 52.3 Å². The number of esters is 1. The summed E-state index contributed by atoms with van der Waals surface area (Å²) in [5, 5.41) is 4.98. The molecular weight excluding hydrogens is 442 g/mol. The SMILES string of the molecule is CC(OC(=O)CC1Sc2ccc(Cl)cc2NC1=O)C(=O)Nc1ccc(Cl)cc1F. The van der Waals surface area contributed by atoms with E-state index in [1.807, 2.05) is 0 Å². The molecule has 2 aromatic rings. The normalized spacial score (nSPS) is 16.4. The Bertz CT molecular complexity index is 989. The van der Waals surface area contributed by atoms with Gasteiger partial charge in [-0.2, -0.15) is 0 Å². The molecule has 0 bridgehead atoms. The maximum atomic E-state index is 13.8.